The fraction of sp³-hybridized carbons (Fsp3) is 0.357. The average Bonchev–Trinajstić information content (AvgIpc) is 2.38. The molecule has 0 N–H and O–H groups in total. The lowest BCUT2D eigenvalue weighted by Gasteiger charge is -2.40. The van der Waals surface area contributed by atoms with Crippen molar-refractivity contribution in [2.45, 2.75) is 18.6 Å². The monoisotopic (exact) mass is 246 g/mol. The van der Waals surface area contributed by atoms with Gasteiger partial charge < -0.3 is 14.2 Å². The van der Waals surface area contributed by atoms with Crippen molar-refractivity contribution in [3.05, 3.63) is 35.9 Å². The molecule has 2 heterocycles. The summed E-state index contributed by atoms with van der Waals surface area (Å²) in [5.41, 5.74) is 1.20. The molecule has 0 aliphatic carbocycles. The summed E-state index contributed by atoms with van der Waals surface area (Å²) in [7, 11) is 0. The highest BCUT2D eigenvalue weighted by Gasteiger charge is 2.44. The molecule has 0 saturated carbocycles. The van der Waals surface area contributed by atoms with Crippen LogP contribution in [0, 0.1) is 0 Å². The molecule has 4 heteroatoms. The van der Waals surface area contributed by atoms with E-state index in [1.54, 1.807) is 12.1 Å². The van der Waals surface area contributed by atoms with Gasteiger partial charge >= 0.3 is 5.97 Å². The molecule has 18 heavy (non-hydrogen) atoms. The van der Waals surface area contributed by atoms with Crippen LogP contribution in [0.2, 0.25) is 0 Å². The Morgan fingerprint density at radius 3 is 2.72 bits per heavy atom. The Kier molecular flexibility index (Phi) is 2.59. The summed E-state index contributed by atoms with van der Waals surface area (Å²) < 4.78 is 16.7. The van der Waals surface area contributed by atoms with Crippen molar-refractivity contribution in [1.82, 2.24) is 0 Å². The summed E-state index contributed by atoms with van der Waals surface area (Å²) in [6, 6.07) is 5.46. The quantitative estimate of drug-likeness (QED) is 0.714. The van der Waals surface area contributed by atoms with Gasteiger partial charge in [0.05, 0.1) is 13.2 Å². The molecule has 1 saturated heterocycles. The number of ether oxygens (including phenoxy) is 3. The Morgan fingerprint density at radius 1 is 1.22 bits per heavy atom. The van der Waals surface area contributed by atoms with Gasteiger partial charge in [0.15, 0.2) is 0 Å². The molecule has 1 aromatic carbocycles. The lowest BCUT2D eigenvalue weighted by molar-refractivity contribution is -0.197. The van der Waals surface area contributed by atoms with Gasteiger partial charge in [-0.25, -0.2) is 4.79 Å². The second-order valence-corrected chi connectivity index (χ2v) is 4.44. The first-order valence-corrected chi connectivity index (χ1v) is 6.00. The topological polar surface area (TPSA) is 44.8 Å². The molecule has 0 atom stereocenters. The molecule has 2 aliphatic heterocycles. The molecule has 0 bridgehead atoms. The van der Waals surface area contributed by atoms with Gasteiger partial charge in [-0.3, -0.25) is 0 Å². The summed E-state index contributed by atoms with van der Waals surface area (Å²) in [4.78, 5) is 12.1. The lowest BCUT2D eigenvalue weighted by atomic mass is 10.0. The van der Waals surface area contributed by atoms with Gasteiger partial charge in [0.25, 0.3) is 5.79 Å². The van der Waals surface area contributed by atoms with Gasteiger partial charge in [-0.2, -0.15) is 0 Å². The number of carbonyl (C=O) groups excluding carboxylic acids is 1. The minimum Gasteiger partial charge on any atom is -0.451 e. The van der Waals surface area contributed by atoms with E-state index in [0.717, 1.165) is 5.56 Å². The van der Waals surface area contributed by atoms with Crippen molar-refractivity contribution in [2.24, 2.45) is 0 Å². The van der Waals surface area contributed by atoms with Crippen molar-refractivity contribution >= 4 is 12.0 Å². The van der Waals surface area contributed by atoms with Crippen LogP contribution in [0.4, 0.5) is 0 Å². The second-order valence-electron chi connectivity index (χ2n) is 4.44. The molecule has 0 unspecified atom stereocenters. The van der Waals surface area contributed by atoms with E-state index < -0.39 is 5.79 Å². The highest BCUT2D eigenvalue weighted by atomic mass is 16.7. The number of benzene rings is 1. The molecule has 2 aliphatic rings. The number of esters is 1. The van der Waals surface area contributed by atoms with Gasteiger partial charge in [-0.05, 0) is 11.6 Å². The molecule has 94 valence electrons. The van der Waals surface area contributed by atoms with E-state index in [9.17, 15) is 4.79 Å². The van der Waals surface area contributed by atoms with Crippen LogP contribution in [0.5, 0.6) is 5.75 Å². The summed E-state index contributed by atoms with van der Waals surface area (Å²) in [5, 5.41) is 0. The van der Waals surface area contributed by atoms with E-state index in [1.165, 1.54) is 0 Å². The summed E-state index contributed by atoms with van der Waals surface area (Å²) in [6.45, 7) is 4.78. The third-order valence-corrected chi connectivity index (χ3v) is 3.31. The van der Waals surface area contributed by atoms with Crippen LogP contribution in [0.25, 0.3) is 6.08 Å². The van der Waals surface area contributed by atoms with Crippen LogP contribution < -0.4 is 4.74 Å². The number of rotatable bonds is 1. The normalized spacial score (nSPS) is 20.8. The Labute approximate surface area is 105 Å². The minimum absolute atomic E-state index is 0.339. The van der Waals surface area contributed by atoms with Crippen molar-refractivity contribution in [3.8, 4) is 5.75 Å². The average molecular weight is 246 g/mol. The van der Waals surface area contributed by atoms with Crippen LogP contribution in [-0.2, 0) is 9.47 Å². The minimum atomic E-state index is -0.845. The number of hydrogen-bond donors (Lipinski definition) is 0. The van der Waals surface area contributed by atoms with Gasteiger partial charge in [-0.15, -0.1) is 0 Å². The molecule has 1 fully saturated rings. The van der Waals surface area contributed by atoms with Gasteiger partial charge in [0.1, 0.15) is 11.3 Å². The maximum absolute atomic E-state index is 12.1. The van der Waals surface area contributed by atoms with Crippen LogP contribution in [0.15, 0.2) is 24.8 Å². The number of hydrogen-bond acceptors (Lipinski definition) is 4. The predicted octanol–water partition coefficient (Wildman–Crippen LogP) is 2.39. The highest BCUT2D eigenvalue weighted by Crippen LogP contribution is 2.38. The Balaban J connectivity index is 2.02. The summed E-state index contributed by atoms with van der Waals surface area (Å²) in [6.07, 6.45) is 2.76. The molecule has 4 nitrogen and oxygen atoms in total. The largest absolute Gasteiger partial charge is 0.451 e. The maximum Gasteiger partial charge on any atom is 0.345 e. The fourth-order valence-electron chi connectivity index (χ4n) is 2.35. The predicted molar refractivity (Wildman–Crippen MR) is 65.4 cm³/mol. The zero-order chi connectivity index (χ0) is 12.6. The Hall–Kier alpha value is -1.81. The lowest BCUT2D eigenvalue weighted by Crippen LogP contribution is -2.48. The molecular formula is C14H14O4. The highest BCUT2D eigenvalue weighted by molar-refractivity contribution is 5.97. The van der Waals surface area contributed by atoms with Crippen molar-refractivity contribution in [2.75, 3.05) is 13.2 Å². The summed E-state index contributed by atoms with van der Waals surface area (Å²) in [5.74, 6) is -0.610. The molecule has 3 rings (SSSR count). The third-order valence-electron chi connectivity index (χ3n) is 3.31. The number of fused-ring (bicyclic) bond motifs is 1. The molecule has 1 spiro atoms. The van der Waals surface area contributed by atoms with Crippen LogP contribution in [0.3, 0.4) is 0 Å². The van der Waals surface area contributed by atoms with Crippen LogP contribution in [-0.4, -0.2) is 25.0 Å². The second kappa shape index (κ2) is 4.14. The molecule has 1 aromatic rings. The van der Waals surface area contributed by atoms with E-state index in [2.05, 4.69) is 6.58 Å². The Bertz CT molecular complexity index is 501. The maximum atomic E-state index is 12.1. The van der Waals surface area contributed by atoms with E-state index in [-0.39, 0.29) is 5.97 Å². The van der Waals surface area contributed by atoms with Crippen molar-refractivity contribution in [3.63, 3.8) is 0 Å². The van der Waals surface area contributed by atoms with Crippen molar-refractivity contribution in [1.29, 1.82) is 0 Å². The smallest absolute Gasteiger partial charge is 0.345 e. The van der Waals surface area contributed by atoms with Crippen LogP contribution in [0.1, 0.15) is 28.8 Å². The zero-order valence-electron chi connectivity index (χ0n) is 9.98. The van der Waals surface area contributed by atoms with E-state index in [4.69, 9.17) is 14.2 Å². The van der Waals surface area contributed by atoms with E-state index in [1.807, 2.05) is 12.1 Å². The van der Waals surface area contributed by atoms with Crippen molar-refractivity contribution < 1.29 is 19.0 Å². The number of carbonyl (C=O) groups is 1. The molecule has 0 amide bonds. The Morgan fingerprint density at radius 2 is 2.00 bits per heavy atom. The van der Waals surface area contributed by atoms with Gasteiger partial charge in [-0.1, -0.05) is 24.8 Å². The summed E-state index contributed by atoms with van der Waals surface area (Å²) >= 11 is 0. The fourth-order valence-corrected chi connectivity index (χ4v) is 2.35. The van der Waals surface area contributed by atoms with Crippen LogP contribution >= 0.6 is 0 Å². The first-order chi connectivity index (χ1) is 8.74. The molecule has 0 radical (unpaired) electrons. The first-order valence-electron chi connectivity index (χ1n) is 6.00. The first kappa shape index (κ1) is 11.3. The zero-order valence-corrected chi connectivity index (χ0v) is 9.98. The van der Waals surface area contributed by atoms with Gasteiger partial charge in [0, 0.05) is 12.8 Å². The molecular weight excluding hydrogens is 232 g/mol. The standard InChI is InChI=1S/C14H14O4/c1-2-10-4-3-5-11-12(10)13(15)18-14(17-11)6-8-16-9-7-14/h2-5H,1,6-9H2. The van der Waals surface area contributed by atoms with Gasteiger partial charge in [0.2, 0.25) is 0 Å². The van der Waals surface area contributed by atoms with E-state index in [0.29, 0.717) is 37.4 Å². The molecule has 0 aromatic heterocycles. The van der Waals surface area contributed by atoms with E-state index >= 15 is 0 Å². The SMILES string of the molecule is C=Cc1cccc2c1C(=O)OC1(CCOCC1)O2. The third kappa shape index (κ3) is 1.69.